The van der Waals surface area contributed by atoms with Crippen LogP contribution in [0.4, 0.5) is 8.78 Å². The lowest BCUT2D eigenvalue weighted by atomic mass is 9.80. The molecule has 2 aliphatic rings. The van der Waals surface area contributed by atoms with E-state index in [0.29, 0.717) is 19.4 Å². The second kappa shape index (κ2) is 3.61. The summed E-state index contributed by atoms with van der Waals surface area (Å²) in [5, 5.41) is 0. The quantitative estimate of drug-likeness (QED) is 0.548. The summed E-state index contributed by atoms with van der Waals surface area (Å²) in [5.74, 6) is -2.45. The molecule has 0 atom stereocenters. The van der Waals surface area contributed by atoms with E-state index in [-0.39, 0.29) is 18.4 Å². The van der Waals surface area contributed by atoms with Crippen LogP contribution in [0.5, 0.6) is 0 Å². The van der Waals surface area contributed by atoms with Crippen LogP contribution in [0.25, 0.3) is 0 Å². The monoisotopic (exact) mass is 202 g/mol. The Kier molecular flexibility index (Phi) is 2.60. The first-order chi connectivity index (χ1) is 6.62. The first-order valence-electron chi connectivity index (χ1n) is 5.29. The normalized spacial score (nSPS) is 30.1. The van der Waals surface area contributed by atoms with Crippen LogP contribution >= 0.6 is 0 Å². The van der Waals surface area contributed by atoms with Gasteiger partial charge < -0.3 is 4.74 Å². The minimum absolute atomic E-state index is 0.00694. The number of halogens is 2. The predicted molar refractivity (Wildman–Crippen MR) is 50.5 cm³/mol. The molecule has 0 bridgehead atoms. The maximum Gasteiger partial charge on any atom is 0.248 e. The molecule has 1 fully saturated rings. The lowest BCUT2D eigenvalue weighted by molar-refractivity contribution is -0.128. The van der Waals surface area contributed by atoms with Crippen LogP contribution < -0.4 is 0 Å². The smallest absolute Gasteiger partial charge is 0.248 e. The summed E-state index contributed by atoms with van der Waals surface area (Å²) >= 11 is 0. The summed E-state index contributed by atoms with van der Waals surface area (Å²) in [7, 11) is 0. The Morgan fingerprint density at radius 1 is 0.929 bits per heavy atom. The van der Waals surface area contributed by atoms with Gasteiger partial charge in [-0.15, -0.1) is 0 Å². The van der Waals surface area contributed by atoms with Gasteiger partial charge in [0.05, 0.1) is 12.2 Å². The largest absolute Gasteiger partial charge is 0.371 e. The van der Waals surface area contributed by atoms with Gasteiger partial charge in [-0.05, 0) is 25.7 Å². The van der Waals surface area contributed by atoms with Gasteiger partial charge in [-0.2, -0.15) is 0 Å². The van der Waals surface area contributed by atoms with Crippen LogP contribution in [-0.2, 0) is 4.74 Å². The number of allylic oxidation sites excluding steroid dienone is 1. The minimum Gasteiger partial charge on any atom is -0.371 e. The van der Waals surface area contributed by atoms with Gasteiger partial charge in [0.2, 0.25) is 5.92 Å². The van der Waals surface area contributed by atoms with E-state index in [1.807, 2.05) is 6.08 Å². The van der Waals surface area contributed by atoms with Gasteiger partial charge in [0.15, 0.2) is 0 Å². The van der Waals surface area contributed by atoms with Crippen LogP contribution in [0, 0.1) is 0 Å². The van der Waals surface area contributed by atoms with Crippen molar-refractivity contribution in [3.8, 4) is 0 Å². The standard InChI is InChI=1S/C11H16F2O/c12-11(13)7-5-10(6-8-11)4-2-1-3-9-14-10/h1,3H,2,4-9H2. The second-order valence-corrected chi connectivity index (χ2v) is 4.36. The third-order valence-corrected chi connectivity index (χ3v) is 3.31. The Morgan fingerprint density at radius 2 is 1.64 bits per heavy atom. The van der Waals surface area contributed by atoms with E-state index in [1.165, 1.54) is 0 Å². The van der Waals surface area contributed by atoms with Gasteiger partial charge in [-0.25, -0.2) is 8.78 Å². The third-order valence-electron chi connectivity index (χ3n) is 3.31. The number of rotatable bonds is 0. The van der Waals surface area contributed by atoms with Crippen LogP contribution in [0.1, 0.15) is 38.5 Å². The maximum absolute atomic E-state index is 13.0. The molecule has 1 heterocycles. The van der Waals surface area contributed by atoms with Crippen LogP contribution in [0.3, 0.4) is 0 Å². The molecular weight excluding hydrogens is 186 g/mol. The molecule has 0 aromatic carbocycles. The average Bonchev–Trinajstić information content (AvgIpc) is 2.37. The van der Waals surface area contributed by atoms with Crippen LogP contribution in [-0.4, -0.2) is 18.1 Å². The van der Waals surface area contributed by atoms with Crippen molar-refractivity contribution in [3.63, 3.8) is 0 Å². The molecule has 0 aromatic heterocycles. The molecule has 1 saturated carbocycles. The van der Waals surface area contributed by atoms with Gasteiger partial charge >= 0.3 is 0 Å². The SMILES string of the molecule is FC1(F)CCC2(CCC=CCO2)CC1. The Labute approximate surface area is 83.1 Å². The molecule has 3 heteroatoms. The van der Waals surface area contributed by atoms with Crippen molar-refractivity contribution in [2.24, 2.45) is 0 Å². The van der Waals surface area contributed by atoms with Crippen molar-refractivity contribution in [3.05, 3.63) is 12.2 Å². The molecule has 0 aromatic rings. The summed E-state index contributed by atoms with van der Waals surface area (Å²) in [4.78, 5) is 0. The summed E-state index contributed by atoms with van der Waals surface area (Å²) in [6, 6.07) is 0. The first-order valence-corrected chi connectivity index (χ1v) is 5.29. The molecule has 0 amide bonds. The summed E-state index contributed by atoms with van der Waals surface area (Å²) in [6.45, 7) is 0.589. The number of ether oxygens (including phenoxy) is 1. The number of hydrogen-bond acceptors (Lipinski definition) is 1. The summed E-state index contributed by atoms with van der Waals surface area (Å²) in [6.07, 6.45) is 6.96. The molecule has 2 rings (SSSR count). The third kappa shape index (κ3) is 2.14. The second-order valence-electron chi connectivity index (χ2n) is 4.36. The average molecular weight is 202 g/mol. The van der Waals surface area contributed by atoms with Gasteiger partial charge in [0, 0.05) is 12.8 Å². The molecule has 1 spiro atoms. The molecule has 0 unspecified atom stereocenters. The van der Waals surface area contributed by atoms with Crippen molar-refractivity contribution >= 4 is 0 Å². The Morgan fingerprint density at radius 3 is 2.36 bits per heavy atom. The summed E-state index contributed by atoms with van der Waals surface area (Å²) in [5.41, 5.74) is -0.245. The van der Waals surface area contributed by atoms with E-state index >= 15 is 0 Å². The van der Waals surface area contributed by atoms with E-state index in [2.05, 4.69) is 6.08 Å². The van der Waals surface area contributed by atoms with Crippen molar-refractivity contribution in [1.82, 2.24) is 0 Å². The highest BCUT2D eigenvalue weighted by atomic mass is 19.3. The minimum atomic E-state index is -2.45. The maximum atomic E-state index is 13.0. The number of hydrogen-bond donors (Lipinski definition) is 0. The van der Waals surface area contributed by atoms with E-state index in [1.54, 1.807) is 0 Å². The topological polar surface area (TPSA) is 9.23 Å². The highest BCUT2D eigenvalue weighted by Gasteiger charge is 2.43. The molecule has 1 nitrogen and oxygen atoms in total. The lowest BCUT2D eigenvalue weighted by Crippen LogP contribution is -2.40. The van der Waals surface area contributed by atoms with E-state index in [9.17, 15) is 8.78 Å². The Balaban J connectivity index is 1.98. The van der Waals surface area contributed by atoms with Gasteiger partial charge in [-0.1, -0.05) is 12.2 Å². The predicted octanol–water partition coefficient (Wildman–Crippen LogP) is 3.30. The van der Waals surface area contributed by atoms with Gasteiger partial charge in [-0.3, -0.25) is 0 Å². The van der Waals surface area contributed by atoms with Gasteiger partial charge in [0.25, 0.3) is 0 Å². The zero-order valence-corrected chi connectivity index (χ0v) is 8.27. The van der Waals surface area contributed by atoms with E-state index < -0.39 is 5.92 Å². The highest BCUT2D eigenvalue weighted by Crippen LogP contribution is 2.43. The number of alkyl halides is 2. The fourth-order valence-electron chi connectivity index (χ4n) is 2.30. The molecule has 80 valence electrons. The van der Waals surface area contributed by atoms with Crippen molar-refractivity contribution in [2.45, 2.75) is 50.0 Å². The molecule has 1 aliphatic carbocycles. The van der Waals surface area contributed by atoms with Crippen molar-refractivity contribution < 1.29 is 13.5 Å². The molecule has 0 radical (unpaired) electrons. The fourth-order valence-corrected chi connectivity index (χ4v) is 2.30. The molecule has 1 aliphatic heterocycles. The zero-order chi connectivity index (χ0) is 10.1. The zero-order valence-electron chi connectivity index (χ0n) is 8.27. The molecule has 0 saturated heterocycles. The Hall–Kier alpha value is -0.440. The summed E-state index contributed by atoms with van der Waals surface area (Å²) < 4.78 is 31.7. The Bertz CT molecular complexity index is 213. The van der Waals surface area contributed by atoms with E-state index in [4.69, 9.17) is 4.74 Å². The van der Waals surface area contributed by atoms with Crippen LogP contribution in [0.15, 0.2) is 12.2 Å². The van der Waals surface area contributed by atoms with Gasteiger partial charge in [0.1, 0.15) is 0 Å². The van der Waals surface area contributed by atoms with Crippen LogP contribution in [0.2, 0.25) is 0 Å². The molecular formula is C11H16F2O. The van der Waals surface area contributed by atoms with Crippen molar-refractivity contribution in [1.29, 1.82) is 0 Å². The lowest BCUT2D eigenvalue weighted by Gasteiger charge is -2.39. The fraction of sp³-hybridized carbons (Fsp3) is 0.818. The molecule has 0 N–H and O–H groups in total. The van der Waals surface area contributed by atoms with Crippen molar-refractivity contribution in [2.75, 3.05) is 6.61 Å². The van der Waals surface area contributed by atoms with E-state index in [0.717, 1.165) is 12.8 Å². The molecule has 14 heavy (non-hydrogen) atoms. The highest BCUT2D eigenvalue weighted by molar-refractivity contribution is 4.96. The first kappa shape index (κ1) is 10.1.